The molecule has 1 aromatic heterocycles. The Hall–Kier alpha value is -1.41. The van der Waals surface area contributed by atoms with E-state index in [2.05, 4.69) is 32.3 Å². The summed E-state index contributed by atoms with van der Waals surface area (Å²) in [4.78, 5) is 15.9. The van der Waals surface area contributed by atoms with E-state index in [1.165, 1.54) is 6.20 Å². The smallest absolute Gasteiger partial charge is 0.254 e. The highest BCUT2D eigenvalue weighted by Gasteiger charge is 2.28. The monoisotopic (exact) mass is 295 g/mol. The first-order valence-corrected chi connectivity index (χ1v) is 6.21. The van der Waals surface area contributed by atoms with Crippen LogP contribution >= 0.6 is 15.9 Å². The van der Waals surface area contributed by atoms with Crippen LogP contribution in [0, 0.1) is 11.3 Å². The van der Waals surface area contributed by atoms with Crippen molar-refractivity contribution in [3.63, 3.8) is 0 Å². The second kappa shape index (κ2) is 5.78. The summed E-state index contributed by atoms with van der Waals surface area (Å²) in [6.07, 6.45) is 2.64. The highest BCUT2D eigenvalue weighted by molar-refractivity contribution is 9.10. The zero-order chi connectivity index (χ0) is 12.9. The van der Waals surface area contributed by atoms with Crippen LogP contribution < -0.4 is 5.32 Å². The van der Waals surface area contributed by atoms with Gasteiger partial charge in [-0.05, 0) is 40.9 Å². The van der Waals surface area contributed by atoms with Gasteiger partial charge < -0.3 is 5.32 Å². The van der Waals surface area contributed by atoms with E-state index in [-0.39, 0.29) is 5.91 Å². The van der Waals surface area contributed by atoms with Crippen LogP contribution in [0.5, 0.6) is 0 Å². The highest BCUT2D eigenvalue weighted by Crippen LogP contribution is 2.15. The van der Waals surface area contributed by atoms with E-state index in [1.54, 1.807) is 12.1 Å². The third kappa shape index (κ3) is 3.27. The van der Waals surface area contributed by atoms with Gasteiger partial charge in [-0.3, -0.25) is 4.79 Å². The Morgan fingerprint density at radius 2 is 2.18 bits per heavy atom. The lowest BCUT2D eigenvalue weighted by molar-refractivity contribution is 0.0915. The van der Waals surface area contributed by atoms with Gasteiger partial charge in [-0.15, -0.1) is 0 Å². The third-order valence-corrected chi connectivity index (χ3v) is 3.23. The van der Waals surface area contributed by atoms with Crippen LogP contribution in [0.1, 0.15) is 37.0 Å². The molecule has 0 unspecified atom stereocenters. The first kappa shape index (κ1) is 13.7. The molecule has 0 aliphatic heterocycles. The Kier molecular flexibility index (Phi) is 4.64. The van der Waals surface area contributed by atoms with Gasteiger partial charge >= 0.3 is 0 Å². The van der Waals surface area contributed by atoms with Gasteiger partial charge in [0.1, 0.15) is 10.1 Å². The standard InChI is InChI=1S/C12H14BrN3O/c1-3-12(4-2,8-14)16-11(17)9-5-6-10(13)15-7-9/h5-7H,3-4H2,1-2H3,(H,16,17). The summed E-state index contributed by atoms with van der Waals surface area (Å²) in [5, 5.41) is 11.9. The van der Waals surface area contributed by atoms with Gasteiger partial charge in [0.25, 0.3) is 5.91 Å². The maximum absolute atomic E-state index is 11.9. The maximum Gasteiger partial charge on any atom is 0.254 e. The van der Waals surface area contributed by atoms with Crippen LogP contribution in [0.25, 0.3) is 0 Å². The fraction of sp³-hybridized carbons (Fsp3) is 0.417. The minimum atomic E-state index is -0.788. The van der Waals surface area contributed by atoms with Crippen molar-refractivity contribution in [2.45, 2.75) is 32.2 Å². The number of amides is 1. The van der Waals surface area contributed by atoms with Crippen molar-refractivity contribution < 1.29 is 4.79 Å². The molecule has 1 amide bonds. The molecule has 1 aromatic rings. The summed E-state index contributed by atoms with van der Waals surface area (Å²) in [6, 6.07) is 5.53. The Balaban J connectivity index is 2.85. The van der Waals surface area contributed by atoms with Gasteiger partial charge in [0.15, 0.2) is 0 Å². The number of halogens is 1. The zero-order valence-electron chi connectivity index (χ0n) is 9.83. The minimum Gasteiger partial charge on any atom is -0.334 e. The molecule has 0 bridgehead atoms. The molecular formula is C12H14BrN3O. The number of rotatable bonds is 4. The number of aromatic nitrogens is 1. The minimum absolute atomic E-state index is 0.268. The summed E-state index contributed by atoms with van der Waals surface area (Å²) >= 11 is 3.20. The molecule has 0 fully saturated rings. The Labute approximate surface area is 109 Å². The third-order valence-electron chi connectivity index (χ3n) is 2.76. The van der Waals surface area contributed by atoms with Crippen molar-refractivity contribution >= 4 is 21.8 Å². The summed E-state index contributed by atoms with van der Waals surface area (Å²) in [6.45, 7) is 3.76. The molecule has 1 N–H and O–H groups in total. The van der Waals surface area contributed by atoms with Crippen LogP contribution in [-0.4, -0.2) is 16.4 Å². The lowest BCUT2D eigenvalue weighted by Gasteiger charge is -2.24. The van der Waals surface area contributed by atoms with E-state index in [1.807, 2.05) is 13.8 Å². The molecule has 90 valence electrons. The number of carbonyl (C=O) groups is 1. The fourth-order valence-electron chi connectivity index (χ4n) is 1.41. The van der Waals surface area contributed by atoms with Gasteiger partial charge in [-0.1, -0.05) is 13.8 Å². The zero-order valence-corrected chi connectivity index (χ0v) is 11.4. The first-order valence-electron chi connectivity index (χ1n) is 5.42. The van der Waals surface area contributed by atoms with E-state index < -0.39 is 5.54 Å². The number of carbonyl (C=O) groups excluding carboxylic acids is 1. The van der Waals surface area contributed by atoms with Gasteiger partial charge in [-0.25, -0.2) is 4.98 Å². The molecule has 0 aromatic carbocycles. The average Bonchev–Trinajstić information content (AvgIpc) is 2.37. The van der Waals surface area contributed by atoms with Crippen LogP contribution in [0.15, 0.2) is 22.9 Å². The molecular weight excluding hydrogens is 282 g/mol. The van der Waals surface area contributed by atoms with Crippen LogP contribution in [0.2, 0.25) is 0 Å². The van der Waals surface area contributed by atoms with E-state index in [0.29, 0.717) is 23.0 Å². The first-order chi connectivity index (χ1) is 8.06. The number of nitrogens with one attached hydrogen (secondary N) is 1. The Morgan fingerprint density at radius 1 is 1.53 bits per heavy atom. The van der Waals surface area contributed by atoms with Crippen molar-refractivity contribution in [2.75, 3.05) is 0 Å². The number of hydrogen-bond acceptors (Lipinski definition) is 3. The number of nitrogens with zero attached hydrogens (tertiary/aromatic N) is 2. The molecule has 17 heavy (non-hydrogen) atoms. The second-order valence-corrected chi connectivity index (χ2v) is 4.54. The molecule has 5 heteroatoms. The molecule has 0 aliphatic carbocycles. The lowest BCUT2D eigenvalue weighted by Crippen LogP contribution is -2.46. The van der Waals surface area contributed by atoms with Gasteiger partial charge in [0, 0.05) is 6.20 Å². The highest BCUT2D eigenvalue weighted by atomic mass is 79.9. The summed E-state index contributed by atoms with van der Waals surface area (Å²) < 4.78 is 0.673. The molecule has 1 heterocycles. The molecule has 0 radical (unpaired) electrons. The van der Waals surface area contributed by atoms with Crippen molar-refractivity contribution in [3.8, 4) is 6.07 Å². The van der Waals surface area contributed by atoms with Gasteiger partial charge in [0.2, 0.25) is 0 Å². The Bertz CT molecular complexity index is 432. The predicted molar refractivity (Wildman–Crippen MR) is 68.3 cm³/mol. The van der Waals surface area contributed by atoms with Crippen molar-refractivity contribution in [1.29, 1.82) is 5.26 Å². The van der Waals surface area contributed by atoms with Crippen LogP contribution in [0.4, 0.5) is 0 Å². The number of nitriles is 1. The maximum atomic E-state index is 11.9. The van der Waals surface area contributed by atoms with Crippen molar-refractivity contribution in [2.24, 2.45) is 0 Å². The van der Waals surface area contributed by atoms with Crippen LogP contribution in [0.3, 0.4) is 0 Å². The molecule has 0 atom stereocenters. The average molecular weight is 296 g/mol. The normalized spacial score (nSPS) is 10.7. The molecule has 0 aliphatic rings. The quantitative estimate of drug-likeness (QED) is 0.869. The molecule has 0 spiro atoms. The topological polar surface area (TPSA) is 65.8 Å². The van der Waals surface area contributed by atoms with Crippen LogP contribution in [-0.2, 0) is 0 Å². The fourth-order valence-corrected chi connectivity index (χ4v) is 1.65. The molecule has 0 saturated heterocycles. The Morgan fingerprint density at radius 3 is 2.59 bits per heavy atom. The summed E-state index contributed by atoms with van der Waals surface area (Å²) in [5.74, 6) is -0.268. The number of pyridine rings is 1. The largest absolute Gasteiger partial charge is 0.334 e. The van der Waals surface area contributed by atoms with E-state index >= 15 is 0 Å². The van der Waals surface area contributed by atoms with Gasteiger partial charge in [0.05, 0.1) is 11.6 Å². The van der Waals surface area contributed by atoms with Gasteiger partial charge in [-0.2, -0.15) is 5.26 Å². The molecule has 1 rings (SSSR count). The van der Waals surface area contributed by atoms with E-state index in [0.717, 1.165) is 0 Å². The SMILES string of the molecule is CCC(C#N)(CC)NC(=O)c1ccc(Br)nc1. The summed E-state index contributed by atoms with van der Waals surface area (Å²) in [5.41, 5.74) is -0.334. The second-order valence-electron chi connectivity index (χ2n) is 3.72. The van der Waals surface area contributed by atoms with Crippen molar-refractivity contribution in [3.05, 3.63) is 28.5 Å². The lowest BCUT2D eigenvalue weighted by atomic mass is 9.94. The van der Waals surface area contributed by atoms with E-state index in [9.17, 15) is 4.79 Å². The predicted octanol–water partition coefficient (Wildman–Crippen LogP) is 2.66. The van der Waals surface area contributed by atoms with Crippen molar-refractivity contribution in [1.82, 2.24) is 10.3 Å². The molecule has 0 saturated carbocycles. The molecule has 4 nitrogen and oxygen atoms in total. The number of hydrogen-bond donors (Lipinski definition) is 1. The summed E-state index contributed by atoms with van der Waals surface area (Å²) in [7, 11) is 0. The van der Waals surface area contributed by atoms with E-state index in [4.69, 9.17) is 5.26 Å².